The van der Waals surface area contributed by atoms with Crippen LogP contribution in [0.4, 0.5) is 0 Å². The van der Waals surface area contributed by atoms with Gasteiger partial charge in [0.2, 0.25) is 0 Å². The summed E-state index contributed by atoms with van der Waals surface area (Å²) in [5, 5.41) is 8.61. The van der Waals surface area contributed by atoms with Gasteiger partial charge in [-0.2, -0.15) is 0 Å². The van der Waals surface area contributed by atoms with Crippen molar-refractivity contribution in [2.45, 2.75) is 84.0 Å². The van der Waals surface area contributed by atoms with E-state index in [4.69, 9.17) is 5.11 Å². The average molecular weight is 270 g/mol. The number of hydrogen-bond donors (Lipinski definition) is 1. The zero-order valence-electron chi connectivity index (χ0n) is 12.1. The molecule has 0 unspecified atom stereocenters. The first-order valence-electron chi connectivity index (χ1n) is 7.02. The van der Waals surface area contributed by atoms with Gasteiger partial charge in [-0.1, -0.05) is 77.6 Å². The predicted molar refractivity (Wildman–Crippen MR) is 70.1 cm³/mol. The van der Waals surface area contributed by atoms with Crippen LogP contribution in [0, 0.1) is 0 Å². The second-order valence-corrected chi connectivity index (χ2v) is 4.61. The van der Waals surface area contributed by atoms with Crippen molar-refractivity contribution >= 4 is 0 Å². The van der Waals surface area contributed by atoms with Crippen LogP contribution >= 0.6 is 0 Å². The van der Waals surface area contributed by atoms with Gasteiger partial charge in [-0.05, 0) is 6.42 Å². The summed E-state index contributed by atoms with van der Waals surface area (Å²) in [5.41, 5.74) is 0. The molecular formula is C14H31KO2. The molecule has 0 fully saturated rings. The predicted octanol–water partition coefficient (Wildman–Crippen LogP) is 1.51. The number of aliphatic hydroxyl groups excluding tert-OH is 1. The van der Waals surface area contributed by atoms with Crippen molar-refractivity contribution in [3.8, 4) is 0 Å². The van der Waals surface area contributed by atoms with Gasteiger partial charge in [0.1, 0.15) is 0 Å². The van der Waals surface area contributed by atoms with Gasteiger partial charge >= 0.3 is 51.4 Å². The summed E-state index contributed by atoms with van der Waals surface area (Å²) in [7, 11) is 0. The van der Waals surface area contributed by atoms with Crippen LogP contribution in [-0.2, 0) is 0 Å². The van der Waals surface area contributed by atoms with E-state index in [1.807, 2.05) is 0 Å². The Morgan fingerprint density at radius 2 is 0.882 bits per heavy atom. The molecule has 0 aromatic rings. The molecule has 0 aliphatic rings. The standard InChI is InChI=1S/C14H30O.K.H2O/c1-2-3-4-5-6-7-8-9-10-11-12-13-14-15;;/h15H,2-14H2,1H3;;1H2/q;+1;/p-1. The minimum atomic E-state index is 0. The molecule has 0 aliphatic heterocycles. The maximum atomic E-state index is 8.61. The second kappa shape index (κ2) is 22.7. The van der Waals surface area contributed by atoms with E-state index in [1.54, 1.807) is 0 Å². The third kappa shape index (κ3) is 23.1. The third-order valence-corrected chi connectivity index (χ3v) is 3.01. The Kier molecular flexibility index (Phi) is 31.6. The minimum Gasteiger partial charge on any atom is -0.870 e. The van der Waals surface area contributed by atoms with E-state index in [-0.39, 0.29) is 56.9 Å². The molecule has 0 radical (unpaired) electrons. The molecule has 0 amide bonds. The van der Waals surface area contributed by atoms with Crippen LogP contribution < -0.4 is 51.4 Å². The smallest absolute Gasteiger partial charge is 0.870 e. The van der Waals surface area contributed by atoms with E-state index in [0.717, 1.165) is 6.42 Å². The summed E-state index contributed by atoms with van der Waals surface area (Å²) in [4.78, 5) is 0. The molecule has 2 nitrogen and oxygen atoms in total. The molecule has 2 N–H and O–H groups in total. The number of rotatable bonds is 12. The van der Waals surface area contributed by atoms with E-state index in [1.165, 1.54) is 70.6 Å². The SMILES string of the molecule is CCCCCCCCCCCCCCO.[K+].[OH-]. The summed E-state index contributed by atoms with van der Waals surface area (Å²) >= 11 is 0. The zero-order chi connectivity index (χ0) is 11.2. The Hall–Kier alpha value is 1.56. The van der Waals surface area contributed by atoms with Crippen LogP contribution in [0.1, 0.15) is 84.0 Å². The van der Waals surface area contributed by atoms with Crippen LogP contribution in [0.3, 0.4) is 0 Å². The van der Waals surface area contributed by atoms with Crippen molar-refractivity contribution in [1.29, 1.82) is 0 Å². The average Bonchev–Trinajstić information content (AvgIpc) is 2.26. The van der Waals surface area contributed by atoms with Crippen LogP contribution in [0.15, 0.2) is 0 Å². The van der Waals surface area contributed by atoms with Gasteiger partial charge in [-0.15, -0.1) is 0 Å². The summed E-state index contributed by atoms with van der Waals surface area (Å²) < 4.78 is 0. The van der Waals surface area contributed by atoms with Crippen molar-refractivity contribution in [2.24, 2.45) is 0 Å². The molecule has 0 aromatic heterocycles. The van der Waals surface area contributed by atoms with Gasteiger partial charge in [-0.3, -0.25) is 0 Å². The largest absolute Gasteiger partial charge is 1.00 e. The first kappa shape index (κ1) is 23.6. The molecule has 0 aliphatic carbocycles. The molecule has 0 rings (SSSR count). The van der Waals surface area contributed by atoms with Crippen molar-refractivity contribution in [1.82, 2.24) is 0 Å². The van der Waals surface area contributed by atoms with Gasteiger partial charge in [-0.25, -0.2) is 0 Å². The van der Waals surface area contributed by atoms with Gasteiger partial charge in [0.15, 0.2) is 0 Å². The molecule has 17 heavy (non-hydrogen) atoms. The van der Waals surface area contributed by atoms with Crippen LogP contribution in [-0.4, -0.2) is 17.2 Å². The normalized spacial score (nSPS) is 9.53. The summed E-state index contributed by atoms with van der Waals surface area (Å²) in [6.07, 6.45) is 16.2. The van der Waals surface area contributed by atoms with Crippen molar-refractivity contribution < 1.29 is 62.0 Å². The molecular weight excluding hydrogens is 239 g/mol. The van der Waals surface area contributed by atoms with E-state index in [9.17, 15) is 0 Å². The second-order valence-electron chi connectivity index (χ2n) is 4.61. The van der Waals surface area contributed by atoms with Crippen molar-refractivity contribution in [3.63, 3.8) is 0 Å². The van der Waals surface area contributed by atoms with Crippen LogP contribution in [0.2, 0.25) is 0 Å². The molecule has 0 aromatic carbocycles. The quantitative estimate of drug-likeness (QED) is 0.432. The molecule has 0 heterocycles. The van der Waals surface area contributed by atoms with Crippen LogP contribution in [0.5, 0.6) is 0 Å². The molecule has 100 valence electrons. The first-order valence-corrected chi connectivity index (χ1v) is 7.02. The number of hydrogen-bond acceptors (Lipinski definition) is 2. The van der Waals surface area contributed by atoms with E-state index < -0.39 is 0 Å². The minimum absolute atomic E-state index is 0. The monoisotopic (exact) mass is 270 g/mol. The third-order valence-electron chi connectivity index (χ3n) is 3.01. The Balaban J connectivity index is -0.000000980. The van der Waals surface area contributed by atoms with Crippen molar-refractivity contribution in [3.05, 3.63) is 0 Å². The van der Waals surface area contributed by atoms with Gasteiger partial charge in [0.05, 0.1) is 0 Å². The molecule has 0 spiro atoms. The fourth-order valence-electron chi connectivity index (χ4n) is 1.95. The number of unbranched alkanes of at least 4 members (excludes halogenated alkanes) is 11. The maximum absolute atomic E-state index is 8.61. The zero-order valence-corrected chi connectivity index (χ0v) is 15.2. The Labute approximate surface area is 151 Å². The molecule has 0 atom stereocenters. The number of aliphatic hydroxyl groups is 1. The fraction of sp³-hybridized carbons (Fsp3) is 1.00. The van der Waals surface area contributed by atoms with Crippen LogP contribution in [0.25, 0.3) is 0 Å². The van der Waals surface area contributed by atoms with E-state index >= 15 is 0 Å². The van der Waals surface area contributed by atoms with Gasteiger partial charge in [0, 0.05) is 6.61 Å². The molecule has 3 heteroatoms. The Morgan fingerprint density at radius 3 is 1.18 bits per heavy atom. The Bertz CT molecular complexity index is 98.4. The first-order chi connectivity index (χ1) is 7.41. The van der Waals surface area contributed by atoms with Crippen molar-refractivity contribution in [2.75, 3.05) is 6.61 Å². The van der Waals surface area contributed by atoms with Gasteiger partial charge < -0.3 is 10.6 Å². The molecule has 0 bridgehead atoms. The molecule has 0 saturated heterocycles. The summed E-state index contributed by atoms with van der Waals surface area (Å²) in [5.74, 6) is 0. The van der Waals surface area contributed by atoms with E-state index in [0.29, 0.717) is 6.61 Å². The van der Waals surface area contributed by atoms with Gasteiger partial charge in [0.25, 0.3) is 0 Å². The fourth-order valence-corrected chi connectivity index (χ4v) is 1.95. The molecule has 0 saturated carbocycles. The summed E-state index contributed by atoms with van der Waals surface area (Å²) in [6.45, 7) is 2.64. The Morgan fingerprint density at radius 1 is 0.588 bits per heavy atom. The summed E-state index contributed by atoms with van der Waals surface area (Å²) in [6, 6.07) is 0. The topological polar surface area (TPSA) is 50.2 Å². The van der Waals surface area contributed by atoms with E-state index in [2.05, 4.69) is 6.92 Å². The maximum Gasteiger partial charge on any atom is 1.00 e.